The van der Waals surface area contributed by atoms with Crippen LogP contribution in [-0.2, 0) is 20.9 Å². The maximum Gasteiger partial charge on any atom is 0.325 e. The highest BCUT2D eigenvalue weighted by atomic mass is 35.5. The number of halogens is 1. The summed E-state index contributed by atoms with van der Waals surface area (Å²) in [6.45, 7) is -0.375. The standard InChI is InChI=1S/C18H17ClN2O4/c19-15-8-6-14(7-9-15)18(24)21-11-17(23)25-12-16(22)20-10-13-4-2-1-3-5-13/h1-9H,10-12H2,(H,20,22)(H,21,24). The Balaban J connectivity index is 1.65. The van der Waals surface area contributed by atoms with Crippen LogP contribution in [0.1, 0.15) is 15.9 Å². The molecular formula is C18H17ClN2O4. The van der Waals surface area contributed by atoms with Crippen LogP contribution in [-0.4, -0.2) is 30.9 Å². The third kappa shape index (κ3) is 6.64. The first-order valence-electron chi connectivity index (χ1n) is 7.54. The van der Waals surface area contributed by atoms with E-state index in [0.717, 1.165) is 5.56 Å². The first kappa shape index (κ1) is 18.5. The second-order valence-corrected chi connectivity index (χ2v) is 5.55. The predicted octanol–water partition coefficient (Wildman–Crippen LogP) is 1.93. The SMILES string of the molecule is O=C(COC(=O)CNC(=O)c1ccc(Cl)cc1)NCc1ccccc1. The van der Waals surface area contributed by atoms with Crippen molar-refractivity contribution in [3.05, 3.63) is 70.7 Å². The molecule has 0 bridgehead atoms. The van der Waals surface area contributed by atoms with Crippen LogP contribution < -0.4 is 10.6 Å². The first-order chi connectivity index (χ1) is 12.0. The number of rotatable bonds is 7. The normalized spacial score (nSPS) is 9.96. The fourth-order valence-electron chi connectivity index (χ4n) is 1.90. The van der Waals surface area contributed by atoms with Crippen molar-refractivity contribution in [3.8, 4) is 0 Å². The summed E-state index contributed by atoms with van der Waals surface area (Å²) >= 11 is 5.74. The molecule has 130 valence electrons. The van der Waals surface area contributed by atoms with Crippen LogP contribution in [0, 0.1) is 0 Å². The number of amides is 2. The van der Waals surface area contributed by atoms with Gasteiger partial charge in [0.2, 0.25) is 0 Å². The van der Waals surface area contributed by atoms with Crippen molar-refractivity contribution in [1.82, 2.24) is 10.6 Å². The van der Waals surface area contributed by atoms with Crippen molar-refractivity contribution in [2.45, 2.75) is 6.54 Å². The lowest BCUT2D eigenvalue weighted by atomic mass is 10.2. The number of carbonyl (C=O) groups is 3. The molecule has 0 aromatic heterocycles. The second kappa shape index (κ2) is 9.44. The molecule has 25 heavy (non-hydrogen) atoms. The maximum absolute atomic E-state index is 11.8. The van der Waals surface area contributed by atoms with Gasteiger partial charge in [0, 0.05) is 17.1 Å². The molecule has 0 aliphatic carbocycles. The third-order valence-electron chi connectivity index (χ3n) is 3.20. The summed E-state index contributed by atoms with van der Waals surface area (Å²) in [7, 11) is 0. The van der Waals surface area contributed by atoms with Gasteiger partial charge in [-0.2, -0.15) is 0 Å². The molecule has 7 heteroatoms. The molecule has 0 radical (unpaired) electrons. The van der Waals surface area contributed by atoms with E-state index in [0.29, 0.717) is 17.1 Å². The van der Waals surface area contributed by atoms with Crippen LogP contribution in [0.4, 0.5) is 0 Å². The Morgan fingerprint density at radius 2 is 1.60 bits per heavy atom. The van der Waals surface area contributed by atoms with Crippen molar-refractivity contribution in [2.75, 3.05) is 13.2 Å². The average Bonchev–Trinajstić information content (AvgIpc) is 2.64. The Kier molecular flexibility index (Phi) is 6.98. The molecular weight excluding hydrogens is 344 g/mol. The minimum Gasteiger partial charge on any atom is -0.454 e. The van der Waals surface area contributed by atoms with Gasteiger partial charge in [-0.1, -0.05) is 41.9 Å². The Hall–Kier alpha value is -2.86. The number of hydrogen-bond donors (Lipinski definition) is 2. The number of benzene rings is 2. The molecule has 2 aromatic rings. The molecule has 0 saturated heterocycles. The van der Waals surface area contributed by atoms with Gasteiger partial charge in [-0.15, -0.1) is 0 Å². The monoisotopic (exact) mass is 360 g/mol. The van der Waals surface area contributed by atoms with Gasteiger partial charge in [-0.25, -0.2) is 0 Å². The summed E-state index contributed by atoms with van der Waals surface area (Å²) < 4.78 is 4.81. The number of ether oxygens (including phenoxy) is 1. The fourth-order valence-corrected chi connectivity index (χ4v) is 2.03. The number of nitrogens with one attached hydrogen (secondary N) is 2. The molecule has 0 heterocycles. The van der Waals surface area contributed by atoms with Gasteiger partial charge in [0.1, 0.15) is 6.54 Å². The van der Waals surface area contributed by atoms with Gasteiger partial charge in [-0.05, 0) is 29.8 Å². The maximum atomic E-state index is 11.8. The zero-order chi connectivity index (χ0) is 18.1. The van der Waals surface area contributed by atoms with Crippen molar-refractivity contribution in [2.24, 2.45) is 0 Å². The van der Waals surface area contributed by atoms with E-state index < -0.39 is 24.4 Å². The van der Waals surface area contributed by atoms with E-state index >= 15 is 0 Å². The molecule has 0 aliphatic rings. The Bertz CT molecular complexity index is 733. The summed E-state index contributed by atoms with van der Waals surface area (Å²) in [5, 5.41) is 5.56. The van der Waals surface area contributed by atoms with Gasteiger partial charge in [0.25, 0.3) is 11.8 Å². The van der Waals surface area contributed by atoms with Crippen LogP contribution in [0.15, 0.2) is 54.6 Å². The average molecular weight is 361 g/mol. The molecule has 0 fully saturated rings. The molecule has 2 N–H and O–H groups in total. The van der Waals surface area contributed by atoms with E-state index in [2.05, 4.69) is 10.6 Å². The lowest BCUT2D eigenvalue weighted by molar-refractivity contribution is -0.147. The van der Waals surface area contributed by atoms with Crippen molar-refractivity contribution in [3.63, 3.8) is 0 Å². The van der Waals surface area contributed by atoms with Crippen LogP contribution in [0.3, 0.4) is 0 Å². The molecule has 2 rings (SSSR count). The third-order valence-corrected chi connectivity index (χ3v) is 3.45. The molecule has 2 aromatic carbocycles. The number of carbonyl (C=O) groups excluding carboxylic acids is 3. The second-order valence-electron chi connectivity index (χ2n) is 5.11. The zero-order valence-corrected chi connectivity index (χ0v) is 14.1. The van der Waals surface area contributed by atoms with Gasteiger partial charge in [0.15, 0.2) is 6.61 Å². The molecule has 0 spiro atoms. The topological polar surface area (TPSA) is 84.5 Å². The summed E-state index contributed by atoms with van der Waals surface area (Å²) in [6, 6.07) is 15.6. The quantitative estimate of drug-likeness (QED) is 0.739. The predicted molar refractivity (Wildman–Crippen MR) is 93.0 cm³/mol. The lowest BCUT2D eigenvalue weighted by Crippen LogP contribution is -2.33. The Labute approximate surface area is 150 Å². The minimum absolute atomic E-state index is 0.326. The number of hydrogen-bond acceptors (Lipinski definition) is 4. The fraction of sp³-hybridized carbons (Fsp3) is 0.167. The first-order valence-corrected chi connectivity index (χ1v) is 7.92. The highest BCUT2D eigenvalue weighted by Crippen LogP contribution is 2.09. The summed E-state index contributed by atoms with van der Waals surface area (Å²) in [6.07, 6.45) is 0. The van der Waals surface area contributed by atoms with Gasteiger partial charge >= 0.3 is 5.97 Å². The zero-order valence-electron chi connectivity index (χ0n) is 13.3. The summed E-state index contributed by atoms with van der Waals surface area (Å²) in [4.78, 5) is 35.0. The van der Waals surface area contributed by atoms with E-state index in [1.165, 1.54) is 0 Å². The van der Waals surface area contributed by atoms with Crippen LogP contribution in [0.25, 0.3) is 0 Å². The van der Waals surface area contributed by atoms with Crippen molar-refractivity contribution in [1.29, 1.82) is 0 Å². The van der Waals surface area contributed by atoms with E-state index in [-0.39, 0.29) is 6.54 Å². The summed E-state index contributed by atoms with van der Waals surface area (Å²) in [5.74, 6) is -1.54. The minimum atomic E-state index is -0.697. The van der Waals surface area contributed by atoms with Crippen LogP contribution in [0.2, 0.25) is 5.02 Å². The highest BCUT2D eigenvalue weighted by Gasteiger charge is 2.10. The molecule has 2 amide bonds. The molecule has 0 aliphatic heterocycles. The van der Waals surface area contributed by atoms with E-state index in [9.17, 15) is 14.4 Å². The van der Waals surface area contributed by atoms with Gasteiger partial charge < -0.3 is 15.4 Å². The largest absolute Gasteiger partial charge is 0.454 e. The molecule has 0 unspecified atom stereocenters. The number of esters is 1. The van der Waals surface area contributed by atoms with Crippen LogP contribution in [0.5, 0.6) is 0 Å². The molecule has 0 saturated carbocycles. The molecule has 0 atom stereocenters. The van der Waals surface area contributed by atoms with E-state index in [4.69, 9.17) is 16.3 Å². The van der Waals surface area contributed by atoms with Crippen molar-refractivity contribution < 1.29 is 19.1 Å². The Morgan fingerprint density at radius 3 is 2.28 bits per heavy atom. The van der Waals surface area contributed by atoms with E-state index in [1.54, 1.807) is 24.3 Å². The van der Waals surface area contributed by atoms with Gasteiger partial charge in [0.05, 0.1) is 0 Å². The lowest BCUT2D eigenvalue weighted by Gasteiger charge is -2.08. The van der Waals surface area contributed by atoms with Gasteiger partial charge in [-0.3, -0.25) is 14.4 Å². The summed E-state index contributed by atoms with van der Waals surface area (Å²) in [5.41, 5.74) is 1.32. The van der Waals surface area contributed by atoms with Crippen molar-refractivity contribution >= 4 is 29.4 Å². The smallest absolute Gasteiger partial charge is 0.325 e. The van der Waals surface area contributed by atoms with E-state index in [1.807, 2.05) is 30.3 Å². The highest BCUT2D eigenvalue weighted by molar-refractivity contribution is 6.30. The Morgan fingerprint density at radius 1 is 0.920 bits per heavy atom. The molecule has 6 nitrogen and oxygen atoms in total. The van der Waals surface area contributed by atoms with Crippen LogP contribution >= 0.6 is 11.6 Å².